The Bertz CT molecular complexity index is 1880. The van der Waals surface area contributed by atoms with Gasteiger partial charge in [-0.15, -0.1) is 0 Å². The maximum Gasteiger partial charge on any atom is 0.138 e. The predicted octanol–water partition coefficient (Wildman–Crippen LogP) is 6.81. The minimum Gasteiger partial charge on any atom is -0.487 e. The van der Waals surface area contributed by atoms with Crippen LogP contribution in [0.2, 0.25) is 0 Å². The van der Waals surface area contributed by atoms with Crippen LogP contribution in [-0.2, 0) is 6.61 Å². The molecular weight excluding hydrogens is 472 g/mol. The van der Waals surface area contributed by atoms with Gasteiger partial charge in [0, 0.05) is 39.8 Å². The summed E-state index contributed by atoms with van der Waals surface area (Å²) in [5.74, 6) is 0.693. The summed E-state index contributed by atoms with van der Waals surface area (Å²) in [7, 11) is 0. The van der Waals surface area contributed by atoms with Gasteiger partial charge < -0.3 is 9.72 Å². The van der Waals surface area contributed by atoms with Gasteiger partial charge >= 0.3 is 0 Å². The molecule has 0 saturated heterocycles. The highest BCUT2D eigenvalue weighted by Crippen LogP contribution is 2.34. The highest BCUT2D eigenvalue weighted by molar-refractivity contribution is 6.01. The zero-order valence-corrected chi connectivity index (χ0v) is 20.3. The summed E-state index contributed by atoms with van der Waals surface area (Å²) in [5.41, 5.74) is 8.42. The molecule has 7 aromatic rings. The predicted molar refractivity (Wildman–Crippen MR) is 148 cm³/mol. The monoisotopic (exact) mass is 494 g/mol. The van der Waals surface area contributed by atoms with Gasteiger partial charge in [-0.1, -0.05) is 48.5 Å². The van der Waals surface area contributed by atoms with Crippen LogP contribution in [0.15, 0.2) is 110 Å². The second-order valence-corrected chi connectivity index (χ2v) is 9.04. The standard InChI is InChI=1S/C31H22N6O/c1-2-7-20(8-3-1)19-38-22-13-21(16-32-17-22)28-15-25-30(18-34-28)36-37-31(25)29-14-24-23(9-6-11-27(24)35-29)26-10-4-5-12-33-26/h1-18,35H,19H2,(H,36,37). The zero-order chi connectivity index (χ0) is 25.3. The number of nitrogens with one attached hydrogen (secondary N) is 2. The minimum atomic E-state index is 0.477. The third-order valence-electron chi connectivity index (χ3n) is 6.56. The molecule has 2 N–H and O–H groups in total. The third kappa shape index (κ3) is 4.06. The van der Waals surface area contributed by atoms with Crippen molar-refractivity contribution in [2.75, 3.05) is 0 Å². The first-order valence-electron chi connectivity index (χ1n) is 12.3. The van der Waals surface area contributed by atoms with Gasteiger partial charge in [-0.2, -0.15) is 5.10 Å². The van der Waals surface area contributed by atoms with Crippen molar-refractivity contribution >= 4 is 21.8 Å². The summed E-state index contributed by atoms with van der Waals surface area (Å²) in [6, 6.07) is 28.4. The number of nitrogens with zero attached hydrogens (tertiary/aromatic N) is 4. The first-order chi connectivity index (χ1) is 18.8. The van der Waals surface area contributed by atoms with E-state index in [-0.39, 0.29) is 0 Å². The molecule has 7 rings (SSSR count). The number of H-pyrrole nitrogens is 2. The second-order valence-electron chi connectivity index (χ2n) is 9.04. The Hall–Kier alpha value is -5.30. The molecule has 0 unspecified atom stereocenters. The van der Waals surface area contributed by atoms with E-state index in [4.69, 9.17) is 4.74 Å². The molecule has 0 spiro atoms. The van der Waals surface area contributed by atoms with Gasteiger partial charge in [-0.25, -0.2) is 0 Å². The molecule has 0 bridgehead atoms. The van der Waals surface area contributed by atoms with Gasteiger partial charge in [0.2, 0.25) is 0 Å². The fourth-order valence-corrected chi connectivity index (χ4v) is 4.69. The number of fused-ring (bicyclic) bond motifs is 2. The van der Waals surface area contributed by atoms with Crippen molar-refractivity contribution in [3.05, 3.63) is 115 Å². The number of aromatic amines is 2. The van der Waals surface area contributed by atoms with E-state index in [9.17, 15) is 0 Å². The van der Waals surface area contributed by atoms with Gasteiger partial charge in [-0.3, -0.25) is 20.1 Å². The maximum atomic E-state index is 5.98. The molecule has 5 heterocycles. The van der Waals surface area contributed by atoms with E-state index >= 15 is 0 Å². The summed E-state index contributed by atoms with van der Waals surface area (Å²) in [6.45, 7) is 0.477. The normalized spacial score (nSPS) is 11.3. The van der Waals surface area contributed by atoms with Crippen LogP contribution in [0.4, 0.5) is 0 Å². The molecule has 0 saturated carbocycles. The van der Waals surface area contributed by atoms with Crippen LogP contribution >= 0.6 is 0 Å². The summed E-state index contributed by atoms with van der Waals surface area (Å²) in [5, 5.41) is 9.81. The van der Waals surface area contributed by atoms with E-state index < -0.39 is 0 Å². The number of ether oxygens (including phenoxy) is 1. The van der Waals surface area contributed by atoms with Gasteiger partial charge in [0.05, 0.1) is 35.0 Å². The molecule has 0 radical (unpaired) electrons. The van der Waals surface area contributed by atoms with Crippen molar-refractivity contribution in [3.63, 3.8) is 0 Å². The van der Waals surface area contributed by atoms with Gasteiger partial charge in [0.25, 0.3) is 0 Å². The highest BCUT2D eigenvalue weighted by atomic mass is 16.5. The molecule has 38 heavy (non-hydrogen) atoms. The Morgan fingerprint density at radius 2 is 1.63 bits per heavy atom. The average molecular weight is 495 g/mol. The Labute approximate surface area is 218 Å². The SMILES string of the molecule is c1ccc(COc2cncc(-c3cc4c(-c5cc6c(-c7ccccn7)cccc6[nH]5)n[nH]c4cn3)c2)cc1. The smallest absolute Gasteiger partial charge is 0.138 e. The van der Waals surface area contributed by atoms with E-state index in [1.807, 2.05) is 72.9 Å². The van der Waals surface area contributed by atoms with Crippen molar-refractivity contribution in [2.24, 2.45) is 0 Å². The Balaban J connectivity index is 1.24. The molecule has 0 aliphatic carbocycles. The van der Waals surface area contributed by atoms with E-state index in [1.165, 1.54) is 0 Å². The molecule has 7 heteroatoms. The zero-order valence-electron chi connectivity index (χ0n) is 20.3. The highest BCUT2D eigenvalue weighted by Gasteiger charge is 2.15. The quantitative estimate of drug-likeness (QED) is 0.265. The third-order valence-corrected chi connectivity index (χ3v) is 6.56. The molecule has 5 aromatic heterocycles. The lowest BCUT2D eigenvalue weighted by molar-refractivity contribution is 0.305. The largest absolute Gasteiger partial charge is 0.487 e. The molecule has 182 valence electrons. The fraction of sp³-hybridized carbons (Fsp3) is 0.0323. The van der Waals surface area contributed by atoms with E-state index in [1.54, 1.807) is 18.6 Å². The van der Waals surface area contributed by atoms with Crippen LogP contribution in [0.25, 0.3) is 55.7 Å². The molecule has 0 fully saturated rings. The molecule has 0 aliphatic rings. The van der Waals surface area contributed by atoms with Crippen LogP contribution in [0.1, 0.15) is 5.56 Å². The molecule has 2 aromatic carbocycles. The van der Waals surface area contributed by atoms with Crippen LogP contribution in [0.3, 0.4) is 0 Å². The number of hydrogen-bond donors (Lipinski definition) is 2. The number of rotatable bonds is 6. The number of benzene rings is 2. The van der Waals surface area contributed by atoms with E-state index in [2.05, 4.69) is 48.3 Å². The van der Waals surface area contributed by atoms with Crippen LogP contribution in [-0.4, -0.2) is 30.1 Å². The van der Waals surface area contributed by atoms with Crippen molar-refractivity contribution < 1.29 is 4.74 Å². The molecule has 0 amide bonds. The fourth-order valence-electron chi connectivity index (χ4n) is 4.69. The maximum absolute atomic E-state index is 5.98. The van der Waals surface area contributed by atoms with E-state index in [0.29, 0.717) is 12.4 Å². The minimum absolute atomic E-state index is 0.477. The Morgan fingerprint density at radius 3 is 2.53 bits per heavy atom. The summed E-state index contributed by atoms with van der Waals surface area (Å²) in [6.07, 6.45) is 7.14. The first kappa shape index (κ1) is 21.9. The average Bonchev–Trinajstić information content (AvgIpc) is 3.61. The van der Waals surface area contributed by atoms with Crippen LogP contribution in [0.5, 0.6) is 5.75 Å². The summed E-state index contributed by atoms with van der Waals surface area (Å²) < 4.78 is 5.98. The lowest BCUT2D eigenvalue weighted by atomic mass is 10.1. The van der Waals surface area contributed by atoms with Gasteiger partial charge in [0.15, 0.2) is 0 Å². The number of pyridine rings is 3. The lowest BCUT2D eigenvalue weighted by Crippen LogP contribution is -1.96. The molecular formula is C31H22N6O. The topological polar surface area (TPSA) is 92.4 Å². The molecule has 0 aliphatic heterocycles. The lowest BCUT2D eigenvalue weighted by Gasteiger charge is -2.08. The second kappa shape index (κ2) is 9.29. The Kier molecular flexibility index (Phi) is 5.37. The summed E-state index contributed by atoms with van der Waals surface area (Å²) in [4.78, 5) is 17.1. The van der Waals surface area contributed by atoms with Crippen LogP contribution in [0, 0.1) is 0 Å². The van der Waals surface area contributed by atoms with Gasteiger partial charge in [-0.05, 0) is 42.0 Å². The van der Waals surface area contributed by atoms with Crippen molar-refractivity contribution in [1.29, 1.82) is 0 Å². The van der Waals surface area contributed by atoms with Crippen molar-refractivity contribution in [2.45, 2.75) is 6.61 Å². The number of aromatic nitrogens is 6. The van der Waals surface area contributed by atoms with E-state index in [0.717, 1.165) is 61.3 Å². The molecule has 7 nitrogen and oxygen atoms in total. The van der Waals surface area contributed by atoms with Crippen molar-refractivity contribution in [3.8, 4) is 39.7 Å². The molecule has 0 atom stereocenters. The van der Waals surface area contributed by atoms with Crippen LogP contribution < -0.4 is 4.74 Å². The Morgan fingerprint density at radius 1 is 0.711 bits per heavy atom. The summed E-state index contributed by atoms with van der Waals surface area (Å²) >= 11 is 0. The van der Waals surface area contributed by atoms with Crippen molar-refractivity contribution in [1.82, 2.24) is 30.1 Å². The first-order valence-corrected chi connectivity index (χ1v) is 12.3. The van der Waals surface area contributed by atoms with Gasteiger partial charge in [0.1, 0.15) is 18.1 Å². The number of hydrogen-bond acceptors (Lipinski definition) is 5.